The number of nitrogens with zero attached hydrogens (tertiary/aromatic N) is 1. The molecule has 0 heterocycles. The van der Waals surface area contributed by atoms with E-state index in [1.54, 1.807) is 44.4 Å². The molecule has 4 atom stereocenters. The highest BCUT2D eigenvalue weighted by atomic mass is 16.5. The van der Waals surface area contributed by atoms with E-state index in [1.165, 1.54) is 18.0 Å². The number of amides is 2. The number of nitrogens with one attached hydrogen (secondary N) is 1. The van der Waals surface area contributed by atoms with Gasteiger partial charge in [0.2, 0.25) is 5.78 Å². The Morgan fingerprint density at radius 1 is 1.07 bits per heavy atom. The van der Waals surface area contributed by atoms with Crippen LogP contribution in [0.2, 0.25) is 0 Å². The Morgan fingerprint density at radius 3 is 2.32 bits per heavy atom. The molecule has 3 aliphatic rings. The quantitative estimate of drug-likeness (QED) is 0.295. The lowest BCUT2D eigenvalue weighted by Crippen LogP contribution is -2.65. The largest absolute Gasteiger partial charge is 0.508 e. The Balaban J connectivity index is 1.65. The fourth-order valence-corrected chi connectivity index (χ4v) is 6.38. The van der Waals surface area contributed by atoms with Crippen LogP contribution < -0.4 is 15.8 Å². The number of ketones is 2. The summed E-state index contributed by atoms with van der Waals surface area (Å²) in [7, 11) is 4.52. The molecule has 12 heteroatoms. The third-order valence-electron chi connectivity index (χ3n) is 8.18. The molecule has 2 amide bonds. The predicted octanol–water partition coefficient (Wildman–Crippen LogP) is 1.35. The van der Waals surface area contributed by atoms with Crippen molar-refractivity contribution < 1.29 is 44.3 Å². The maximum Gasteiger partial charge on any atom is 0.412 e. The maximum atomic E-state index is 13.9. The smallest absolute Gasteiger partial charge is 0.412 e. The molecule has 5 rings (SSSR count). The average Bonchev–Trinajstić information content (AvgIpc) is 2.91. The van der Waals surface area contributed by atoms with E-state index < -0.39 is 64.1 Å². The second kappa shape index (κ2) is 9.75. The van der Waals surface area contributed by atoms with Crippen molar-refractivity contribution in [2.45, 2.75) is 24.5 Å². The molecule has 0 bridgehead atoms. The Hall–Kier alpha value is -4.68. The molecule has 0 saturated heterocycles. The van der Waals surface area contributed by atoms with Crippen LogP contribution >= 0.6 is 0 Å². The number of aliphatic hydroxyl groups excluding tert-OH is 2. The minimum absolute atomic E-state index is 0.00974. The van der Waals surface area contributed by atoms with E-state index in [4.69, 9.17) is 10.5 Å². The number of ether oxygens (including phenoxy) is 1. The van der Waals surface area contributed by atoms with Crippen molar-refractivity contribution in [1.29, 1.82) is 0 Å². The van der Waals surface area contributed by atoms with Gasteiger partial charge in [-0.05, 0) is 67.7 Å². The first-order chi connectivity index (χ1) is 19.3. The number of benzene rings is 2. The third kappa shape index (κ3) is 4.06. The minimum Gasteiger partial charge on any atom is -0.508 e. The van der Waals surface area contributed by atoms with Gasteiger partial charge in [-0.3, -0.25) is 19.3 Å². The summed E-state index contributed by atoms with van der Waals surface area (Å²) in [6.45, 7) is 0. The number of carbonyl (C=O) groups excluding carboxylic acids is 4. The fraction of sp³-hybridized carbons (Fsp3) is 0.310. The van der Waals surface area contributed by atoms with Crippen LogP contribution in [-0.4, -0.2) is 81.7 Å². The topological polar surface area (TPSA) is 200 Å². The van der Waals surface area contributed by atoms with Gasteiger partial charge in [0, 0.05) is 18.5 Å². The van der Waals surface area contributed by atoms with Crippen molar-refractivity contribution in [3.05, 3.63) is 64.4 Å². The number of Topliss-reactive ketones (excluding diaryl/α,β-unsaturated/α-hetero) is 2. The van der Waals surface area contributed by atoms with Crippen LogP contribution in [0.3, 0.4) is 0 Å². The maximum absolute atomic E-state index is 13.9. The number of hydrogen-bond donors (Lipinski definition) is 6. The average molecular weight is 564 g/mol. The molecule has 0 aliphatic heterocycles. The number of aromatic hydroxyl groups is 1. The highest BCUT2D eigenvalue weighted by molar-refractivity contribution is 6.24. The van der Waals surface area contributed by atoms with E-state index in [2.05, 4.69) is 5.32 Å². The molecule has 1 saturated carbocycles. The summed E-state index contributed by atoms with van der Waals surface area (Å²) in [4.78, 5) is 52.3. The number of phenolic OH excluding ortho intramolecular Hbond substituents is 1. The Labute approximate surface area is 234 Å². The Kier molecular flexibility index (Phi) is 6.63. The standard InChI is InChI=1S/C29H29N3O9/c1-31-28(39)41-14-6-4-12(5-7-14)15-8-9-18(33)20-16(15)10-13-11-17-22(32(2)3)24(35)21(27(30)38)26(37)29(17,40)25(36)19(13)23(20)34/h4-9,13,17,22,33-34,37,40H,10-11H2,1-3H3,(H2,30,38)(H,31,39)/t13-,17-,22-,29-/m1/s1. The molecule has 0 radical (unpaired) electrons. The van der Waals surface area contributed by atoms with Crippen molar-refractivity contribution in [2.24, 2.45) is 17.6 Å². The van der Waals surface area contributed by atoms with Crippen LogP contribution in [0.15, 0.2) is 53.3 Å². The lowest BCUT2D eigenvalue weighted by atomic mass is 9.57. The Morgan fingerprint density at radius 2 is 1.73 bits per heavy atom. The SMILES string of the molecule is CNC(=O)Oc1ccc(-c2ccc(O)c3c2C[C@@H]2C[C@@H]4[C@@H](N(C)C)C(=O)C(C(N)=O)=C(O)[C@]4(O)C(=O)C2=C3O)cc1. The van der Waals surface area contributed by atoms with E-state index in [0.29, 0.717) is 22.4 Å². The molecule has 3 aliphatic carbocycles. The van der Waals surface area contributed by atoms with Gasteiger partial charge in [0.15, 0.2) is 11.4 Å². The molecule has 2 aromatic rings. The zero-order valence-corrected chi connectivity index (χ0v) is 22.5. The summed E-state index contributed by atoms with van der Waals surface area (Å²) in [5.41, 5.74) is 3.39. The minimum atomic E-state index is -2.70. The van der Waals surface area contributed by atoms with E-state index in [-0.39, 0.29) is 29.7 Å². The van der Waals surface area contributed by atoms with E-state index in [0.717, 1.165) is 0 Å². The molecule has 0 spiro atoms. The molecular weight excluding hydrogens is 534 g/mol. The zero-order chi connectivity index (χ0) is 30.0. The van der Waals surface area contributed by atoms with Gasteiger partial charge in [0.1, 0.15) is 28.6 Å². The van der Waals surface area contributed by atoms with Gasteiger partial charge in [-0.25, -0.2) is 4.79 Å². The summed E-state index contributed by atoms with van der Waals surface area (Å²) in [5.74, 6) is -6.75. The number of nitrogens with two attached hydrogens (primary N) is 1. The first kappa shape index (κ1) is 27.9. The number of carbonyl (C=O) groups is 4. The normalized spacial score (nSPS) is 25.4. The van der Waals surface area contributed by atoms with Gasteiger partial charge in [-0.1, -0.05) is 18.2 Å². The Bertz CT molecular complexity index is 1570. The number of rotatable bonds is 4. The summed E-state index contributed by atoms with van der Waals surface area (Å²) in [5, 5.41) is 47.1. The van der Waals surface area contributed by atoms with Gasteiger partial charge >= 0.3 is 6.09 Å². The molecule has 214 valence electrons. The van der Waals surface area contributed by atoms with Gasteiger partial charge < -0.3 is 36.2 Å². The van der Waals surface area contributed by atoms with Crippen molar-refractivity contribution in [3.8, 4) is 22.6 Å². The highest BCUT2D eigenvalue weighted by Gasteiger charge is 2.64. The lowest BCUT2D eigenvalue weighted by molar-refractivity contribution is -0.153. The van der Waals surface area contributed by atoms with Crippen molar-refractivity contribution in [2.75, 3.05) is 21.1 Å². The summed E-state index contributed by atoms with van der Waals surface area (Å²) in [6, 6.07) is 8.41. The third-order valence-corrected chi connectivity index (χ3v) is 8.18. The van der Waals surface area contributed by atoms with Gasteiger partial charge in [-0.15, -0.1) is 0 Å². The summed E-state index contributed by atoms with van der Waals surface area (Å²) in [6.07, 6.45) is -0.500. The molecule has 0 aromatic heterocycles. The van der Waals surface area contributed by atoms with Crippen LogP contribution in [0.25, 0.3) is 16.9 Å². The van der Waals surface area contributed by atoms with Crippen LogP contribution in [0.4, 0.5) is 4.79 Å². The second-order valence-corrected chi connectivity index (χ2v) is 10.6. The van der Waals surface area contributed by atoms with Crippen LogP contribution in [0.1, 0.15) is 17.5 Å². The van der Waals surface area contributed by atoms with E-state index in [1.807, 2.05) is 0 Å². The van der Waals surface area contributed by atoms with Gasteiger partial charge in [0.05, 0.1) is 11.6 Å². The number of hydrogen-bond acceptors (Lipinski definition) is 10. The number of phenols is 1. The summed E-state index contributed by atoms with van der Waals surface area (Å²) < 4.78 is 5.13. The van der Waals surface area contributed by atoms with E-state index >= 15 is 0 Å². The number of likely N-dealkylation sites (N-methyl/N-ethyl adjacent to an activating group) is 1. The van der Waals surface area contributed by atoms with Crippen LogP contribution in [0.5, 0.6) is 11.5 Å². The molecule has 0 unspecified atom stereocenters. The number of aliphatic hydroxyl groups is 3. The van der Waals surface area contributed by atoms with Crippen LogP contribution in [-0.2, 0) is 20.8 Å². The fourth-order valence-electron chi connectivity index (χ4n) is 6.38. The van der Waals surface area contributed by atoms with Crippen LogP contribution in [0, 0.1) is 11.8 Å². The molecule has 7 N–H and O–H groups in total. The zero-order valence-electron chi connectivity index (χ0n) is 22.5. The number of fused-ring (bicyclic) bond motifs is 3. The van der Waals surface area contributed by atoms with Crippen molar-refractivity contribution in [3.63, 3.8) is 0 Å². The van der Waals surface area contributed by atoms with Crippen molar-refractivity contribution in [1.82, 2.24) is 10.2 Å². The molecule has 12 nitrogen and oxygen atoms in total. The summed E-state index contributed by atoms with van der Waals surface area (Å²) >= 11 is 0. The highest BCUT2D eigenvalue weighted by Crippen LogP contribution is 2.53. The van der Waals surface area contributed by atoms with Gasteiger partial charge in [0.25, 0.3) is 5.91 Å². The monoisotopic (exact) mass is 563 g/mol. The first-order valence-electron chi connectivity index (χ1n) is 12.8. The van der Waals surface area contributed by atoms with Gasteiger partial charge in [-0.2, -0.15) is 0 Å². The molecule has 2 aromatic carbocycles. The first-order valence-corrected chi connectivity index (χ1v) is 12.8. The van der Waals surface area contributed by atoms with Crippen molar-refractivity contribution >= 4 is 29.3 Å². The lowest BCUT2D eigenvalue weighted by Gasteiger charge is -2.50. The predicted molar refractivity (Wildman–Crippen MR) is 145 cm³/mol. The second-order valence-electron chi connectivity index (χ2n) is 10.6. The molecule has 41 heavy (non-hydrogen) atoms. The number of primary amides is 1. The van der Waals surface area contributed by atoms with E-state index in [9.17, 15) is 39.6 Å². The molecule has 1 fully saturated rings. The molecular formula is C29H29N3O9.